The number of nitrogens with zero attached hydrogens (tertiary/aromatic N) is 1. The monoisotopic (exact) mass is 591 g/mol. The molecule has 5 rings (SSSR count). The van der Waals surface area contributed by atoms with Crippen LogP contribution in [0.15, 0.2) is 35.3 Å². The van der Waals surface area contributed by atoms with Crippen molar-refractivity contribution < 1.29 is 26.7 Å². The predicted molar refractivity (Wildman–Crippen MR) is 154 cm³/mol. The number of rotatable bonds is 7. The molecule has 222 valence electrons. The molecule has 0 amide bonds. The van der Waals surface area contributed by atoms with E-state index in [9.17, 15) is 17.6 Å². The number of isothiocyanates is 1. The van der Waals surface area contributed by atoms with Crippen molar-refractivity contribution in [3.05, 3.63) is 58.9 Å². The summed E-state index contributed by atoms with van der Waals surface area (Å²) in [5.41, 5.74) is 1.28. The molecule has 3 aliphatic carbocycles. The van der Waals surface area contributed by atoms with Crippen molar-refractivity contribution in [2.24, 2.45) is 28.7 Å². The van der Waals surface area contributed by atoms with Crippen LogP contribution in [0, 0.1) is 41.1 Å². The van der Waals surface area contributed by atoms with Crippen molar-refractivity contribution in [2.75, 3.05) is 0 Å². The molecule has 0 saturated heterocycles. The highest BCUT2D eigenvalue weighted by Gasteiger charge is 2.45. The van der Waals surface area contributed by atoms with Crippen LogP contribution in [0.5, 0.6) is 5.75 Å². The van der Waals surface area contributed by atoms with Gasteiger partial charge in [0.25, 0.3) is 0 Å². The van der Waals surface area contributed by atoms with E-state index in [-0.39, 0.29) is 24.6 Å². The number of aliphatic imine (C=N–C) groups is 1. The van der Waals surface area contributed by atoms with Crippen LogP contribution in [0.4, 0.5) is 27.6 Å². The molecule has 0 heterocycles. The summed E-state index contributed by atoms with van der Waals surface area (Å²) in [5, 5.41) is 1.87. The van der Waals surface area contributed by atoms with Gasteiger partial charge in [0.15, 0.2) is 11.6 Å². The van der Waals surface area contributed by atoms with E-state index in [1.165, 1.54) is 12.8 Å². The zero-order valence-electron chi connectivity index (χ0n) is 23.5. The molecule has 0 aromatic heterocycles. The number of ether oxygens (including phenoxy) is 1. The Morgan fingerprint density at radius 1 is 0.756 bits per heavy atom. The fourth-order valence-electron chi connectivity index (χ4n) is 7.54. The first-order valence-electron chi connectivity index (χ1n) is 15.1. The minimum Gasteiger partial charge on any atom is -0.432 e. The van der Waals surface area contributed by atoms with Crippen LogP contribution >= 0.6 is 12.2 Å². The van der Waals surface area contributed by atoms with Gasteiger partial charge in [-0.2, -0.15) is 13.8 Å². The lowest BCUT2D eigenvalue weighted by molar-refractivity contribution is -0.224. The van der Waals surface area contributed by atoms with Crippen molar-refractivity contribution in [3.8, 4) is 5.75 Å². The first kappa shape index (κ1) is 30.2. The normalized spacial score (nSPS) is 29.0. The van der Waals surface area contributed by atoms with Crippen LogP contribution in [0.25, 0.3) is 0 Å². The number of thiocarbonyl (C=S) groups is 1. The molecule has 0 spiro atoms. The van der Waals surface area contributed by atoms with E-state index in [1.807, 2.05) is 11.2 Å². The van der Waals surface area contributed by atoms with Gasteiger partial charge in [0.05, 0.1) is 11.1 Å². The van der Waals surface area contributed by atoms with Crippen LogP contribution in [-0.2, 0) is 0 Å². The predicted octanol–water partition coefficient (Wildman–Crippen LogP) is 10.9. The third kappa shape index (κ3) is 7.02. The van der Waals surface area contributed by atoms with E-state index in [0.717, 1.165) is 55.6 Å². The third-order valence-corrected chi connectivity index (χ3v) is 10.1. The molecule has 0 N–H and O–H groups in total. The van der Waals surface area contributed by atoms with Gasteiger partial charge in [-0.3, -0.25) is 0 Å². The van der Waals surface area contributed by atoms with Crippen LogP contribution in [0.2, 0.25) is 0 Å². The summed E-state index contributed by atoms with van der Waals surface area (Å²) >= 11 is 4.36. The molecule has 8 heteroatoms. The fraction of sp³-hybridized carbons (Fsp3) is 0.606. The van der Waals surface area contributed by atoms with E-state index in [4.69, 9.17) is 4.74 Å². The number of hydrogen-bond acceptors (Lipinski definition) is 3. The topological polar surface area (TPSA) is 21.6 Å². The van der Waals surface area contributed by atoms with Gasteiger partial charge in [0.2, 0.25) is 0 Å². The van der Waals surface area contributed by atoms with Gasteiger partial charge in [-0.1, -0.05) is 31.9 Å². The highest BCUT2D eigenvalue weighted by atomic mass is 32.1. The standard InChI is InChI=1S/C33H38F5NOS/c1-20-2-4-23(5-3-20)25-12-15-28(29(34)16-25)24-8-6-21(7-9-24)22-10-13-26(14-11-22)33(37,38)40-27-17-30(35)32(39-19-41)31(36)18-27/h12,15-18,20-24,26H,2-11,13-14H2,1H3. The molecule has 0 radical (unpaired) electrons. The summed E-state index contributed by atoms with van der Waals surface area (Å²) in [6, 6.07) is 7.31. The Balaban J connectivity index is 1.12. The zero-order chi connectivity index (χ0) is 29.1. The van der Waals surface area contributed by atoms with Crippen molar-refractivity contribution in [1.82, 2.24) is 0 Å². The Kier molecular flexibility index (Phi) is 9.50. The molecule has 0 atom stereocenters. The molecule has 3 aliphatic rings. The second-order valence-corrected chi connectivity index (χ2v) is 12.7. The lowest BCUT2D eigenvalue weighted by Gasteiger charge is -2.39. The Morgan fingerprint density at radius 2 is 1.32 bits per heavy atom. The van der Waals surface area contributed by atoms with Gasteiger partial charge in [0.1, 0.15) is 17.3 Å². The summed E-state index contributed by atoms with van der Waals surface area (Å²) in [4.78, 5) is 3.29. The average molecular weight is 592 g/mol. The fourth-order valence-corrected chi connectivity index (χ4v) is 7.64. The smallest absolute Gasteiger partial charge is 0.400 e. The van der Waals surface area contributed by atoms with E-state index in [1.54, 1.807) is 6.07 Å². The minimum atomic E-state index is -3.55. The lowest BCUT2D eigenvalue weighted by atomic mass is 9.68. The molecule has 2 aromatic carbocycles. The molecule has 0 aliphatic heterocycles. The van der Waals surface area contributed by atoms with Gasteiger partial charge in [-0.25, -0.2) is 13.2 Å². The highest BCUT2D eigenvalue weighted by molar-refractivity contribution is 7.78. The van der Waals surface area contributed by atoms with Gasteiger partial charge >= 0.3 is 6.11 Å². The molecule has 2 nitrogen and oxygen atoms in total. The first-order chi connectivity index (χ1) is 19.6. The molecular weight excluding hydrogens is 553 g/mol. The Labute approximate surface area is 244 Å². The van der Waals surface area contributed by atoms with Crippen LogP contribution in [0.3, 0.4) is 0 Å². The average Bonchev–Trinajstić information content (AvgIpc) is 2.95. The van der Waals surface area contributed by atoms with E-state index in [2.05, 4.69) is 30.2 Å². The number of alkyl halides is 2. The maximum absolute atomic E-state index is 15.2. The van der Waals surface area contributed by atoms with Crippen LogP contribution in [0.1, 0.15) is 107 Å². The van der Waals surface area contributed by atoms with E-state index >= 15 is 4.39 Å². The van der Waals surface area contributed by atoms with Crippen molar-refractivity contribution in [1.29, 1.82) is 0 Å². The van der Waals surface area contributed by atoms with Gasteiger partial charge in [0, 0.05) is 12.1 Å². The third-order valence-electron chi connectivity index (χ3n) is 10.0. The molecule has 41 heavy (non-hydrogen) atoms. The molecule has 0 bridgehead atoms. The van der Waals surface area contributed by atoms with Crippen LogP contribution < -0.4 is 4.74 Å². The molecule has 3 fully saturated rings. The van der Waals surface area contributed by atoms with E-state index in [0.29, 0.717) is 42.7 Å². The van der Waals surface area contributed by atoms with Gasteiger partial charge < -0.3 is 4.74 Å². The zero-order valence-corrected chi connectivity index (χ0v) is 24.3. The number of hydrogen-bond donors (Lipinski definition) is 0. The maximum atomic E-state index is 15.2. The summed E-state index contributed by atoms with van der Waals surface area (Å²) < 4.78 is 78.1. The molecular formula is C33H38F5NOS. The highest BCUT2D eigenvalue weighted by Crippen LogP contribution is 2.47. The molecule has 3 saturated carbocycles. The lowest BCUT2D eigenvalue weighted by Crippen LogP contribution is -2.38. The second-order valence-electron chi connectivity index (χ2n) is 12.6. The van der Waals surface area contributed by atoms with Crippen molar-refractivity contribution >= 4 is 23.1 Å². The number of benzene rings is 2. The SMILES string of the molecule is CC1CCC(c2ccc(C3CCC(C4CCC(C(F)(F)Oc5cc(F)c(N=C=S)c(F)c5)CC4)CC3)c(F)c2)CC1. The first-order valence-corrected chi connectivity index (χ1v) is 15.5. The second kappa shape index (κ2) is 12.9. The van der Waals surface area contributed by atoms with Gasteiger partial charge in [-0.05, 0) is 123 Å². The van der Waals surface area contributed by atoms with Crippen molar-refractivity contribution in [2.45, 2.75) is 102 Å². The largest absolute Gasteiger partial charge is 0.432 e. The van der Waals surface area contributed by atoms with Gasteiger partial charge in [-0.15, -0.1) is 0 Å². The summed E-state index contributed by atoms with van der Waals surface area (Å²) in [6.45, 7) is 2.29. The van der Waals surface area contributed by atoms with Crippen molar-refractivity contribution in [3.63, 3.8) is 0 Å². The summed E-state index contributed by atoms with van der Waals surface area (Å²) in [5.74, 6) is -1.71. The quantitative estimate of drug-likeness (QED) is 0.181. The van der Waals surface area contributed by atoms with Crippen LogP contribution in [-0.4, -0.2) is 11.3 Å². The number of halogens is 5. The summed E-state index contributed by atoms with van der Waals surface area (Å²) in [6.07, 6.45) is 6.83. The summed E-state index contributed by atoms with van der Waals surface area (Å²) in [7, 11) is 0. The Hall–Kier alpha value is -2.31. The Bertz CT molecular complexity index is 1230. The molecule has 0 unspecified atom stereocenters. The molecule has 2 aromatic rings. The minimum absolute atomic E-state index is 0.0758. The van der Waals surface area contributed by atoms with E-state index < -0.39 is 35.1 Å². The maximum Gasteiger partial charge on any atom is 0.400 e. The Morgan fingerprint density at radius 3 is 1.88 bits per heavy atom.